The first-order valence-electron chi connectivity index (χ1n) is 5.96. The number of hydrogen-bond donors (Lipinski definition) is 1. The number of rotatable bonds is 5. The smallest absolute Gasteiger partial charge is 0.280 e. The molecule has 3 rings (SSSR count). The van der Waals surface area contributed by atoms with Crippen molar-refractivity contribution in [3.63, 3.8) is 0 Å². The van der Waals surface area contributed by atoms with Crippen LogP contribution in [0.15, 0.2) is 26.6 Å². The molecular weight excluding hydrogens is 344 g/mol. The number of aryl methyl sites for hydroxylation is 1. The summed E-state index contributed by atoms with van der Waals surface area (Å²) in [6.45, 7) is 1.34. The highest BCUT2D eigenvalue weighted by molar-refractivity contribution is 9.11. The fraction of sp³-hybridized carbons (Fsp3) is 0.273. The lowest BCUT2D eigenvalue weighted by molar-refractivity contribution is 0.431. The quantitative estimate of drug-likeness (QED) is 0.754. The predicted octanol–water partition coefficient (Wildman–Crippen LogP) is 2.17. The normalized spacial score (nSPS) is 11.1. The summed E-state index contributed by atoms with van der Waals surface area (Å²) < 4.78 is 7.96. The van der Waals surface area contributed by atoms with Gasteiger partial charge in [0.2, 0.25) is 5.82 Å². The van der Waals surface area contributed by atoms with Crippen LogP contribution in [0.25, 0.3) is 22.3 Å². The maximum absolute atomic E-state index is 5.46. The molecule has 3 heterocycles. The van der Waals surface area contributed by atoms with Gasteiger partial charge in [-0.1, -0.05) is 10.4 Å². The van der Waals surface area contributed by atoms with Gasteiger partial charge in [0.05, 0.1) is 14.9 Å². The second kappa shape index (κ2) is 5.81. The van der Waals surface area contributed by atoms with Gasteiger partial charge in [-0.3, -0.25) is 4.68 Å². The number of thiophene rings is 1. The molecule has 0 bridgehead atoms. The van der Waals surface area contributed by atoms with Crippen molar-refractivity contribution in [1.82, 2.24) is 25.1 Å². The average Bonchev–Trinajstić information content (AvgIpc) is 3.15. The van der Waals surface area contributed by atoms with E-state index in [4.69, 9.17) is 10.3 Å². The molecule has 0 aliphatic carbocycles. The van der Waals surface area contributed by atoms with Crippen LogP contribution < -0.4 is 5.73 Å². The van der Waals surface area contributed by atoms with E-state index in [0.29, 0.717) is 24.0 Å². The minimum Gasteiger partial charge on any atom is -0.332 e. The zero-order valence-corrected chi connectivity index (χ0v) is 12.8. The molecule has 0 aromatic carbocycles. The summed E-state index contributed by atoms with van der Waals surface area (Å²) in [5.41, 5.74) is 6.03. The molecule has 7 nitrogen and oxygen atoms in total. The van der Waals surface area contributed by atoms with Crippen LogP contribution >= 0.6 is 27.3 Å². The number of nitrogens with two attached hydrogens (primary N) is 1. The Morgan fingerprint density at radius 1 is 1.40 bits per heavy atom. The number of nitrogens with zero attached hydrogens (tertiary/aromatic N) is 5. The summed E-state index contributed by atoms with van der Waals surface area (Å²) >= 11 is 4.95. The standard InChI is InChI=1S/C11H11BrN6OS/c12-9-3-2-8(20-9)10-14-11(19-16-10)7-6-18(17-15-7)5-1-4-13/h2-3,6H,1,4-5,13H2. The Morgan fingerprint density at radius 2 is 2.30 bits per heavy atom. The van der Waals surface area contributed by atoms with Gasteiger partial charge < -0.3 is 10.3 Å². The maximum Gasteiger partial charge on any atom is 0.280 e. The Balaban J connectivity index is 1.81. The molecule has 3 aromatic heterocycles. The van der Waals surface area contributed by atoms with E-state index in [1.54, 1.807) is 22.2 Å². The van der Waals surface area contributed by atoms with Crippen molar-refractivity contribution in [2.45, 2.75) is 13.0 Å². The second-order valence-corrected chi connectivity index (χ2v) is 6.50. The lowest BCUT2D eigenvalue weighted by Crippen LogP contribution is -2.06. The third kappa shape index (κ3) is 2.79. The van der Waals surface area contributed by atoms with E-state index in [1.165, 1.54) is 0 Å². The molecule has 9 heteroatoms. The minimum atomic E-state index is 0.364. The van der Waals surface area contributed by atoms with Crippen LogP contribution in [0, 0.1) is 0 Å². The highest BCUT2D eigenvalue weighted by Crippen LogP contribution is 2.30. The van der Waals surface area contributed by atoms with Crippen molar-refractivity contribution in [3.8, 4) is 22.3 Å². The Morgan fingerprint density at radius 3 is 3.05 bits per heavy atom. The van der Waals surface area contributed by atoms with Gasteiger partial charge in [-0.15, -0.1) is 16.4 Å². The second-order valence-electron chi connectivity index (χ2n) is 4.04. The molecule has 0 aliphatic rings. The monoisotopic (exact) mass is 354 g/mol. The summed E-state index contributed by atoms with van der Waals surface area (Å²) in [6.07, 6.45) is 2.62. The Bertz CT molecular complexity index is 705. The van der Waals surface area contributed by atoms with E-state index in [1.807, 2.05) is 12.1 Å². The molecule has 0 fully saturated rings. The molecular formula is C11H11BrN6OS. The van der Waals surface area contributed by atoms with Crippen molar-refractivity contribution < 1.29 is 4.52 Å². The fourth-order valence-electron chi connectivity index (χ4n) is 1.62. The van der Waals surface area contributed by atoms with Crippen LogP contribution in [-0.2, 0) is 6.54 Å². The van der Waals surface area contributed by atoms with E-state index in [-0.39, 0.29) is 0 Å². The molecule has 0 radical (unpaired) electrons. The van der Waals surface area contributed by atoms with Crippen LogP contribution in [-0.4, -0.2) is 31.7 Å². The molecule has 2 N–H and O–H groups in total. The van der Waals surface area contributed by atoms with Crippen LogP contribution in [0.2, 0.25) is 0 Å². The van der Waals surface area contributed by atoms with E-state index >= 15 is 0 Å². The first-order valence-corrected chi connectivity index (χ1v) is 7.57. The third-order valence-corrected chi connectivity index (χ3v) is 4.19. The van der Waals surface area contributed by atoms with Gasteiger partial charge in [0.1, 0.15) is 0 Å². The summed E-state index contributed by atoms with van der Waals surface area (Å²) in [7, 11) is 0. The summed E-state index contributed by atoms with van der Waals surface area (Å²) in [4.78, 5) is 5.26. The first-order chi connectivity index (χ1) is 9.76. The van der Waals surface area contributed by atoms with Crippen molar-refractivity contribution in [2.75, 3.05) is 6.54 Å². The first kappa shape index (κ1) is 13.4. The lowest BCUT2D eigenvalue weighted by atomic mass is 10.4. The van der Waals surface area contributed by atoms with Gasteiger partial charge in [-0.2, -0.15) is 4.98 Å². The largest absolute Gasteiger partial charge is 0.332 e. The zero-order valence-electron chi connectivity index (χ0n) is 10.4. The molecule has 0 aliphatic heterocycles. The van der Waals surface area contributed by atoms with Crippen LogP contribution in [0.3, 0.4) is 0 Å². The highest BCUT2D eigenvalue weighted by Gasteiger charge is 2.15. The number of aromatic nitrogens is 5. The van der Waals surface area contributed by atoms with Gasteiger partial charge in [0, 0.05) is 6.54 Å². The Kier molecular flexibility index (Phi) is 3.90. The van der Waals surface area contributed by atoms with Gasteiger partial charge in [-0.25, -0.2) is 0 Å². The summed E-state index contributed by atoms with van der Waals surface area (Å²) in [5, 5.41) is 12.0. The van der Waals surface area contributed by atoms with Crippen LogP contribution in [0.4, 0.5) is 0 Å². The Hall–Kier alpha value is -1.58. The van der Waals surface area contributed by atoms with Crippen molar-refractivity contribution in [1.29, 1.82) is 0 Å². The van der Waals surface area contributed by atoms with Crippen LogP contribution in [0.5, 0.6) is 0 Å². The van der Waals surface area contributed by atoms with Crippen LogP contribution in [0.1, 0.15) is 6.42 Å². The molecule has 0 amide bonds. The van der Waals surface area contributed by atoms with E-state index in [2.05, 4.69) is 36.4 Å². The SMILES string of the molecule is NCCCn1cc(-c2nc(-c3ccc(Br)s3)no2)nn1. The van der Waals surface area contributed by atoms with Gasteiger partial charge in [0.25, 0.3) is 5.89 Å². The highest BCUT2D eigenvalue weighted by atomic mass is 79.9. The topological polar surface area (TPSA) is 95.7 Å². The third-order valence-electron chi connectivity index (χ3n) is 2.57. The molecule has 0 atom stereocenters. The molecule has 3 aromatic rings. The fourth-order valence-corrected chi connectivity index (χ4v) is 2.93. The molecule has 0 saturated carbocycles. The summed E-state index contributed by atoms with van der Waals surface area (Å²) in [5.74, 6) is 0.913. The summed E-state index contributed by atoms with van der Waals surface area (Å²) in [6, 6.07) is 3.88. The zero-order chi connectivity index (χ0) is 13.9. The van der Waals surface area contributed by atoms with E-state index < -0.39 is 0 Å². The molecule has 0 saturated heterocycles. The van der Waals surface area contributed by atoms with Gasteiger partial charge in [0.15, 0.2) is 5.69 Å². The maximum atomic E-state index is 5.46. The number of halogens is 1. The Labute approximate surface area is 126 Å². The van der Waals surface area contributed by atoms with E-state index in [0.717, 1.165) is 21.6 Å². The lowest BCUT2D eigenvalue weighted by Gasteiger charge is -1.94. The van der Waals surface area contributed by atoms with Gasteiger partial charge >= 0.3 is 0 Å². The van der Waals surface area contributed by atoms with E-state index in [9.17, 15) is 0 Å². The minimum absolute atomic E-state index is 0.364. The molecule has 104 valence electrons. The predicted molar refractivity (Wildman–Crippen MR) is 78.0 cm³/mol. The average molecular weight is 355 g/mol. The molecule has 0 unspecified atom stereocenters. The van der Waals surface area contributed by atoms with Crippen molar-refractivity contribution >= 4 is 27.3 Å². The van der Waals surface area contributed by atoms with Crippen molar-refractivity contribution in [3.05, 3.63) is 22.1 Å². The molecule has 0 spiro atoms. The van der Waals surface area contributed by atoms with Crippen molar-refractivity contribution in [2.24, 2.45) is 5.73 Å². The van der Waals surface area contributed by atoms with Gasteiger partial charge in [-0.05, 0) is 41.0 Å². The molecule has 20 heavy (non-hydrogen) atoms. The number of hydrogen-bond acceptors (Lipinski definition) is 7.